The quantitative estimate of drug-likeness (QED) is 0.581. The highest BCUT2D eigenvalue weighted by Crippen LogP contribution is 2.29. The van der Waals surface area contributed by atoms with Crippen molar-refractivity contribution in [2.45, 2.75) is 25.8 Å². The number of fused-ring (bicyclic) bond motifs is 2. The second-order valence-electron chi connectivity index (χ2n) is 7.11. The van der Waals surface area contributed by atoms with Gasteiger partial charge < -0.3 is 4.90 Å². The van der Waals surface area contributed by atoms with Crippen molar-refractivity contribution in [3.05, 3.63) is 64.7 Å². The Morgan fingerprint density at radius 2 is 1.69 bits per heavy atom. The molecule has 148 valence electrons. The maximum Gasteiger partial charge on any atom is 0.261 e. The minimum Gasteiger partial charge on any atom is -0.337 e. The molecule has 0 N–H and O–H groups in total. The van der Waals surface area contributed by atoms with E-state index in [9.17, 15) is 14.4 Å². The number of amides is 3. The first-order valence-electron chi connectivity index (χ1n) is 9.53. The van der Waals surface area contributed by atoms with Crippen molar-refractivity contribution in [2.24, 2.45) is 0 Å². The molecule has 0 radical (unpaired) electrons. The van der Waals surface area contributed by atoms with E-state index in [1.165, 1.54) is 4.90 Å². The van der Waals surface area contributed by atoms with E-state index in [2.05, 4.69) is 4.98 Å². The molecule has 0 bridgehead atoms. The summed E-state index contributed by atoms with van der Waals surface area (Å²) in [5.41, 5.74) is 1.81. The SMILES string of the molecule is CC(c1nc2ccccc2s1)N(C)C(=O)CCCN1C(=O)c2ccccc2C1=O. The molecular weight excluding hydrogens is 386 g/mol. The van der Waals surface area contributed by atoms with E-state index in [4.69, 9.17) is 0 Å². The number of para-hydroxylation sites is 1. The van der Waals surface area contributed by atoms with Gasteiger partial charge in [0.05, 0.1) is 27.4 Å². The molecule has 1 aromatic heterocycles. The fourth-order valence-electron chi connectivity index (χ4n) is 3.46. The maximum absolute atomic E-state index is 12.6. The smallest absolute Gasteiger partial charge is 0.261 e. The number of aromatic nitrogens is 1. The normalized spacial score (nSPS) is 14.3. The van der Waals surface area contributed by atoms with Crippen LogP contribution < -0.4 is 0 Å². The third-order valence-corrected chi connectivity index (χ3v) is 6.50. The first-order valence-corrected chi connectivity index (χ1v) is 10.4. The zero-order chi connectivity index (χ0) is 20.5. The topological polar surface area (TPSA) is 70.6 Å². The number of rotatable bonds is 6. The monoisotopic (exact) mass is 407 g/mol. The average molecular weight is 407 g/mol. The van der Waals surface area contributed by atoms with Crippen molar-refractivity contribution in [1.82, 2.24) is 14.8 Å². The van der Waals surface area contributed by atoms with E-state index < -0.39 is 0 Å². The highest BCUT2D eigenvalue weighted by atomic mass is 32.1. The van der Waals surface area contributed by atoms with Crippen LogP contribution in [0.4, 0.5) is 0 Å². The summed E-state index contributed by atoms with van der Waals surface area (Å²) in [6.45, 7) is 2.20. The molecule has 2 aromatic carbocycles. The van der Waals surface area contributed by atoms with Gasteiger partial charge in [-0.3, -0.25) is 19.3 Å². The third kappa shape index (κ3) is 3.53. The molecular formula is C22H21N3O3S. The number of imide groups is 1. The number of carbonyl (C=O) groups is 3. The number of nitrogens with zero attached hydrogens (tertiary/aromatic N) is 3. The van der Waals surface area contributed by atoms with Crippen LogP contribution in [-0.2, 0) is 4.79 Å². The highest BCUT2D eigenvalue weighted by Gasteiger charge is 2.34. The van der Waals surface area contributed by atoms with Crippen LogP contribution in [0.15, 0.2) is 48.5 Å². The van der Waals surface area contributed by atoms with Gasteiger partial charge >= 0.3 is 0 Å². The summed E-state index contributed by atoms with van der Waals surface area (Å²) in [5, 5.41) is 0.891. The molecule has 4 rings (SSSR count). The predicted molar refractivity (Wildman–Crippen MR) is 112 cm³/mol. The van der Waals surface area contributed by atoms with E-state index in [0.29, 0.717) is 17.5 Å². The molecule has 1 unspecified atom stereocenters. The fourth-order valence-corrected chi connectivity index (χ4v) is 4.52. The molecule has 0 fully saturated rings. The Bertz CT molecular complexity index is 1040. The molecule has 1 atom stereocenters. The van der Waals surface area contributed by atoms with Gasteiger partial charge in [-0.1, -0.05) is 24.3 Å². The zero-order valence-electron chi connectivity index (χ0n) is 16.3. The fraction of sp³-hybridized carbons (Fsp3) is 0.273. The van der Waals surface area contributed by atoms with Crippen LogP contribution in [0.25, 0.3) is 10.2 Å². The first-order chi connectivity index (χ1) is 14.0. The Labute approximate surface area is 172 Å². The molecule has 0 spiro atoms. The summed E-state index contributed by atoms with van der Waals surface area (Å²) in [6, 6.07) is 14.6. The molecule has 0 saturated heterocycles. The van der Waals surface area contributed by atoms with E-state index in [1.54, 1.807) is 47.5 Å². The molecule has 3 amide bonds. The van der Waals surface area contributed by atoms with Crippen LogP contribution in [0, 0.1) is 0 Å². The lowest BCUT2D eigenvalue weighted by Gasteiger charge is -2.23. The van der Waals surface area contributed by atoms with Crippen LogP contribution in [-0.4, -0.2) is 46.1 Å². The van der Waals surface area contributed by atoms with Crippen LogP contribution in [0.2, 0.25) is 0 Å². The molecule has 1 aliphatic rings. The Balaban J connectivity index is 1.35. The van der Waals surface area contributed by atoms with Gasteiger partial charge in [-0.2, -0.15) is 0 Å². The van der Waals surface area contributed by atoms with E-state index >= 15 is 0 Å². The lowest BCUT2D eigenvalue weighted by molar-refractivity contribution is -0.132. The van der Waals surface area contributed by atoms with Gasteiger partial charge in [-0.05, 0) is 37.6 Å². The summed E-state index contributed by atoms with van der Waals surface area (Å²) < 4.78 is 1.10. The van der Waals surface area contributed by atoms with Gasteiger partial charge in [0.15, 0.2) is 0 Å². The summed E-state index contributed by atoms with van der Waals surface area (Å²) in [5.74, 6) is -0.600. The van der Waals surface area contributed by atoms with Crippen LogP contribution in [0.5, 0.6) is 0 Å². The number of hydrogen-bond donors (Lipinski definition) is 0. The molecule has 29 heavy (non-hydrogen) atoms. The number of carbonyl (C=O) groups excluding carboxylic acids is 3. The van der Waals surface area contributed by atoms with Gasteiger partial charge in [0, 0.05) is 20.0 Å². The van der Waals surface area contributed by atoms with Gasteiger partial charge in [0.1, 0.15) is 5.01 Å². The molecule has 6 nitrogen and oxygen atoms in total. The second-order valence-corrected chi connectivity index (χ2v) is 8.17. The largest absolute Gasteiger partial charge is 0.337 e. The molecule has 0 saturated carbocycles. The van der Waals surface area contributed by atoms with Gasteiger partial charge in [-0.15, -0.1) is 11.3 Å². The number of benzene rings is 2. The highest BCUT2D eigenvalue weighted by molar-refractivity contribution is 7.18. The molecule has 0 aliphatic carbocycles. The van der Waals surface area contributed by atoms with Crippen LogP contribution in [0.1, 0.15) is 51.5 Å². The molecule has 1 aliphatic heterocycles. The van der Waals surface area contributed by atoms with Crippen molar-refractivity contribution >= 4 is 39.3 Å². The van der Waals surface area contributed by atoms with Gasteiger partial charge in [0.2, 0.25) is 5.91 Å². The summed E-state index contributed by atoms with van der Waals surface area (Å²) in [7, 11) is 1.76. The molecule has 7 heteroatoms. The first kappa shape index (κ1) is 19.3. The molecule has 3 aromatic rings. The minimum atomic E-state index is -0.283. The van der Waals surface area contributed by atoms with Crippen molar-refractivity contribution in [3.8, 4) is 0 Å². The van der Waals surface area contributed by atoms with E-state index in [1.807, 2.05) is 31.2 Å². The van der Waals surface area contributed by atoms with Crippen LogP contribution >= 0.6 is 11.3 Å². The zero-order valence-corrected chi connectivity index (χ0v) is 17.1. The Morgan fingerprint density at radius 3 is 2.34 bits per heavy atom. The van der Waals surface area contributed by atoms with Crippen molar-refractivity contribution in [1.29, 1.82) is 0 Å². The second kappa shape index (κ2) is 7.75. The summed E-state index contributed by atoms with van der Waals surface area (Å²) >= 11 is 1.59. The Kier molecular flexibility index (Phi) is 5.15. The van der Waals surface area contributed by atoms with Gasteiger partial charge in [0.25, 0.3) is 11.8 Å². The van der Waals surface area contributed by atoms with Crippen LogP contribution in [0.3, 0.4) is 0 Å². The number of thiazole rings is 1. The number of hydrogen-bond acceptors (Lipinski definition) is 5. The van der Waals surface area contributed by atoms with Crippen molar-refractivity contribution in [3.63, 3.8) is 0 Å². The maximum atomic E-state index is 12.6. The Morgan fingerprint density at radius 1 is 1.07 bits per heavy atom. The standard InChI is InChI=1S/C22H21N3O3S/c1-14(20-23-17-10-5-6-11-18(17)29-20)24(2)19(26)12-7-13-25-21(27)15-8-3-4-9-16(15)22(25)28/h3-6,8-11,14H,7,12-13H2,1-2H3. The van der Waals surface area contributed by atoms with Gasteiger partial charge in [-0.25, -0.2) is 4.98 Å². The van der Waals surface area contributed by atoms with E-state index in [0.717, 1.165) is 15.2 Å². The van der Waals surface area contributed by atoms with E-state index in [-0.39, 0.29) is 36.7 Å². The Hall–Kier alpha value is -3.06. The third-order valence-electron chi connectivity index (χ3n) is 5.29. The summed E-state index contributed by atoms with van der Waals surface area (Å²) in [4.78, 5) is 45.0. The average Bonchev–Trinajstić information content (AvgIpc) is 3.28. The van der Waals surface area contributed by atoms with Crippen molar-refractivity contribution < 1.29 is 14.4 Å². The lowest BCUT2D eigenvalue weighted by Crippen LogP contribution is -2.33. The lowest BCUT2D eigenvalue weighted by atomic mass is 10.1. The summed E-state index contributed by atoms with van der Waals surface area (Å²) in [6.07, 6.45) is 0.695. The van der Waals surface area contributed by atoms with Crippen molar-refractivity contribution in [2.75, 3.05) is 13.6 Å². The minimum absolute atomic E-state index is 0.0339. The predicted octanol–water partition coefficient (Wildman–Crippen LogP) is 3.89. The molecule has 2 heterocycles.